The zero-order chi connectivity index (χ0) is 23.6. The Hall–Kier alpha value is -2.66. The number of hydrogen-bond donors (Lipinski definition) is 0. The molecule has 0 fully saturated rings. The highest BCUT2D eigenvalue weighted by atomic mass is 16.5. The maximum atomic E-state index is 5.66. The molecule has 3 aromatic rings. The molecule has 2 aromatic heterocycles. The SMILES string of the molecule is C=C(CCC1(C)Cc2cc(-c3nc4ccccc4n3CCOCC)cnc2N1CC)C(C)C. The van der Waals surface area contributed by atoms with Gasteiger partial charge in [-0.2, -0.15) is 0 Å². The van der Waals surface area contributed by atoms with Gasteiger partial charge in [-0.3, -0.25) is 0 Å². The van der Waals surface area contributed by atoms with Crippen LogP contribution in [-0.4, -0.2) is 39.8 Å². The molecule has 1 aromatic carbocycles. The molecule has 33 heavy (non-hydrogen) atoms. The molecular weight excluding hydrogens is 408 g/mol. The number of fused-ring (bicyclic) bond motifs is 2. The van der Waals surface area contributed by atoms with E-state index in [1.807, 2.05) is 19.2 Å². The third-order valence-corrected chi connectivity index (χ3v) is 7.11. The van der Waals surface area contributed by atoms with Gasteiger partial charge in [-0.15, -0.1) is 0 Å². The maximum absolute atomic E-state index is 5.66. The molecular formula is C28H38N4O. The molecule has 5 heteroatoms. The second kappa shape index (κ2) is 9.68. The minimum Gasteiger partial charge on any atom is -0.380 e. The van der Waals surface area contributed by atoms with Gasteiger partial charge in [-0.1, -0.05) is 38.1 Å². The van der Waals surface area contributed by atoms with Crippen molar-refractivity contribution in [3.63, 3.8) is 0 Å². The number of benzene rings is 1. The number of imidazole rings is 1. The summed E-state index contributed by atoms with van der Waals surface area (Å²) in [5, 5.41) is 0. The van der Waals surface area contributed by atoms with Gasteiger partial charge in [0.1, 0.15) is 11.6 Å². The van der Waals surface area contributed by atoms with Gasteiger partial charge < -0.3 is 14.2 Å². The summed E-state index contributed by atoms with van der Waals surface area (Å²) < 4.78 is 7.93. The number of aromatic nitrogens is 3. The smallest absolute Gasteiger partial charge is 0.142 e. The second-order valence-corrected chi connectivity index (χ2v) is 9.71. The van der Waals surface area contributed by atoms with E-state index < -0.39 is 0 Å². The predicted octanol–water partition coefficient (Wildman–Crippen LogP) is 6.27. The van der Waals surface area contributed by atoms with Crippen LogP contribution in [0.5, 0.6) is 0 Å². The lowest BCUT2D eigenvalue weighted by atomic mass is 9.87. The van der Waals surface area contributed by atoms with Crippen molar-refractivity contribution >= 4 is 16.9 Å². The summed E-state index contributed by atoms with van der Waals surface area (Å²) in [4.78, 5) is 12.4. The Labute approximate surface area is 198 Å². The van der Waals surface area contributed by atoms with Crippen molar-refractivity contribution in [2.24, 2.45) is 5.92 Å². The van der Waals surface area contributed by atoms with Gasteiger partial charge in [-0.25, -0.2) is 9.97 Å². The van der Waals surface area contributed by atoms with Crippen LogP contribution in [0.4, 0.5) is 5.82 Å². The predicted molar refractivity (Wildman–Crippen MR) is 138 cm³/mol. The van der Waals surface area contributed by atoms with E-state index >= 15 is 0 Å². The number of rotatable bonds is 10. The van der Waals surface area contributed by atoms with Crippen LogP contribution in [0.3, 0.4) is 0 Å². The van der Waals surface area contributed by atoms with E-state index in [-0.39, 0.29) is 5.54 Å². The first kappa shape index (κ1) is 23.5. The lowest BCUT2D eigenvalue weighted by Gasteiger charge is -2.36. The van der Waals surface area contributed by atoms with Crippen LogP contribution < -0.4 is 4.90 Å². The number of para-hydroxylation sites is 2. The summed E-state index contributed by atoms with van der Waals surface area (Å²) in [5.74, 6) is 2.62. The number of ether oxygens (including phenoxy) is 1. The largest absolute Gasteiger partial charge is 0.380 e. The monoisotopic (exact) mass is 446 g/mol. The van der Waals surface area contributed by atoms with E-state index in [0.29, 0.717) is 12.5 Å². The first-order chi connectivity index (χ1) is 15.9. The molecule has 0 saturated heterocycles. The summed E-state index contributed by atoms with van der Waals surface area (Å²) in [5.41, 5.74) is 5.94. The van der Waals surface area contributed by atoms with Crippen LogP contribution in [0, 0.1) is 5.92 Å². The van der Waals surface area contributed by atoms with Crippen LogP contribution in [0.1, 0.15) is 53.0 Å². The van der Waals surface area contributed by atoms with Crippen LogP contribution in [0.2, 0.25) is 0 Å². The molecule has 0 saturated carbocycles. The maximum Gasteiger partial charge on any atom is 0.142 e. The highest BCUT2D eigenvalue weighted by Crippen LogP contribution is 2.42. The molecule has 1 aliphatic rings. The fourth-order valence-corrected chi connectivity index (χ4v) is 5.06. The first-order valence-electron chi connectivity index (χ1n) is 12.4. The van der Waals surface area contributed by atoms with Gasteiger partial charge in [-0.05, 0) is 69.7 Å². The fraction of sp³-hybridized carbons (Fsp3) is 0.500. The van der Waals surface area contributed by atoms with Crippen molar-refractivity contribution in [1.29, 1.82) is 0 Å². The Morgan fingerprint density at radius 2 is 2.03 bits per heavy atom. The molecule has 0 amide bonds. The van der Waals surface area contributed by atoms with Gasteiger partial charge >= 0.3 is 0 Å². The molecule has 1 unspecified atom stereocenters. The van der Waals surface area contributed by atoms with Crippen LogP contribution in [-0.2, 0) is 17.7 Å². The van der Waals surface area contributed by atoms with Crippen LogP contribution in [0.25, 0.3) is 22.4 Å². The standard InChI is InChI=1S/C28H38N4O/c1-7-32-26-22(18-28(32,6)14-13-21(5)20(3)4)17-23(19-29-26)27-30-24-11-9-10-12-25(24)31(27)15-16-33-8-2/h9-12,17,19-20H,5,7-8,13-16,18H2,1-4,6H3. The highest BCUT2D eigenvalue weighted by molar-refractivity contribution is 5.81. The van der Waals surface area contributed by atoms with Crippen molar-refractivity contribution in [2.45, 2.75) is 66.0 Å². The van der Waals surface area contributed by atoms with E-state index in [2.05, 4.69) is 68.0 Å². The van der Waals surface area contributed by atoms with Crippen molar-refractivity contribution < 1.29 is 4.74 Å². The molecule has 0 bridgehead atoms. The zero-order valence-electron chi connectivity index (χ0n) is 20.9. The van der Waals surface area contributed by atoms with E-state index in [0.717, 1.165) is 67.2 Å². The Morgan fingerprint density at radius 1 is 1.24 bits per heavy atom. The summed E-state index contributed by atoms with van der Waals surface area (Å²) >= 11 is 0. The molecule has 0 spiro atoms. The van der Waals surface area contributed by atoms with Gasteiger partial charge in [0.2, 0.25) is 0 Å². The normalized spacial score (nSPS) is 17.8. The van der Waals surface area contributed by atoms with Crippen molar-refractivity contribution in [3.05, 3.63) is 54.2 Å². The van der Waals surface area contributed by atoms with E-state index in [4.69, 9.17) is 14.7 Å². The van der Waals surface area contributed by atoms with E-state index in [1.54, 1.807) is 0 Å². The van der Waals surface area contributed by atoms with Crippen molar-refractivity contribution in [3.8, 4) is 11.4 Å². The van der Waals surface area contributed by atoms with Crippen molar-refractivity contribution in [2.75, 3.05) is 24.7 Å². The summed E-state index contributed by atoms with van der Waals surface area (Å²) in [6.45, 7) is 18.5. The molecule has 176 valence electrons. The molecule has 3 heterocycles. The Balaban J connectivity index is 1.67. The Kier molecular flexibility index (Phi) is 6.89. The fourth-order valence-electron chi connectivity index (χ4n) is 5.06. The number of nitrogens with zero attached hydrogens (tertiary/aromatic N) is 4. The number of hydrogen-bond acceptors (Lipinski definition) is 4. The molecule has 0 aliphatic carbocycles. The van der Waals surface area contributed by atoms with Gasteiger partial charge in [0.25, 0.3) is 0 Å². The summed E-state index contributed by atoms with van der Waals surface area (Å²) in [6.07, 6.45) is 5.15. The third-order valence-electron chi connectivity index (χ3n) is 7.11. The van der Waals surface area contributed by atoms with E-state index in [9.17, 15) is 0 Å². The summed E-state index contributed by atoms with van der Waals surface area (Å²) in [7, 11) is 0. The average molecular weight is 447 g/mol. The average Bonchev–Trinajstić information content (AvgIpc) is 3.31. The van der Waals surface area contributed by atoms with Crippen LogP contribution in [0.15, 0.2) is 48.7 Å². The van der Waals surface area contributed by atoms with E-state index in [1.165, 1.54) is 11.1 Å². The minimum atomic E-state index is 0.0651. The quantitative estimate of drug-likeness (QED) is 0.272. The molecule has 1 atom stereocenters. The van der Waals surface area contributed by atoms with Gasteiger partial charge in [0, 0.05) is 37.0 Å². The first-order valence-corrected chi connectivity index (χ1v) is 12.4. The number of likely N-dealkylation sites (N-methyl/N-ethyl adjacent to an activating group) is 1. The van der Waals surface area contributed by atoms with Crippen molar-refractivity contribution in [1.82, 2.24) is 14.5 Å². The highest BCUT2D eigenvalue weighted by Gasteiger charge is 2.40. The lowest BCUT2D eigenvalue weighted by Crippen LogP contribution is -2.44. The lowest BCUT2D eigenvalue weighted by molar-refractivity contribution is 0.140. The minimum absolute atomic E-state index is 0.0651. The van der Waals surface area contributed by atoms with Gasteiger partial charge in [0.15, 0.2) is 0 Å². The number of anilines is 1. The molecule has 1 aliphatic heterocycles. The third kappa shape index (κ3) is 4.56. The Morgan fingerprint density at radius 3 is 2.76 bits per heavy atom. The second-order valence-electron chi connectivity index (χ2n) is 9.71. The molecule has 5 nitrogen and oxygen atoms in total. The molecule has 4 rings (SSSR count). The summed E-state index contributed by atoms with van der Waals surface area (Å²) in [6, 6.07) is 10.6. The van der Waals surface area contributed by atoms with Crippen LogP contribution >= 0.6 is 0 Å². The molecule has 0 radical (unpaired) electrons. The number of pyridine rings is 1. The topological polar surface area (TPSA) is 43.2 Å². The molecule has 0 N–H and O–H groups in total. The zero-order valence-corrected chi connectivity index (χ0v) is 20.9. The van der Waals surface area contributed by atoms with Gasteiger partial charge in [0.05, 0.1) is 17.6 Å². The Bertz CT molecular complexity index is 1130. The number of allylic oxidation sites excluding steroid dienone is 1.